The van der Waals surface area contributed by atoms with E-state index in [9.17, 15) is 9.59 Å². The van der Waals surface area contributed by atoms with Gasteiger partial charge in [0.2, 0.25) is 0 Å². The van der Waals surface area contributed by atoms with Gasteiger partial charge in [-0.3, -0.25) is 9.35 Å². The summed E-state index contributed by atoms with van der Waals surface area (Å²) in [6.45, 7) is 3.72. The molecule has 192 valence electrons. The van der Waals surface area contributed by atoms with Gasteiger partial charge >= 0.3 is 11.9 Å². The highest BCUT2D eigenvalue weighted by molar-refractivity contribution is 5.95. The molecule has 7 nitrogen and oxygen atoms in total. The first-order valence-electron chi connectivity index (χ1n) is 12.1. The van der Waals surface area contributed by atoms with Crippen molar-refractivity contribution < 1.29 is 23.8 Å². The molecule has 0 amide bonds. The van der Waals surface area contributed by atoms with Crippen molar-refractivity contribution in [3.05, 3.63) is 101 Å². The van der Waals surface area contributed by atoms with Crippen LogP contribution in [0.5, 0.6) is 5.75 Å². The molecule has 0 aliphatic heterocycles. The average Bonchev–Trinajstić information content (AvgIpc) is 3.47. The van der Waals surface area contributed by atoms with E-state index in [1.54, 1.807) is 13.2 Å². The smallest absolute Gasteiger partial charge is 0.339 e. The zero-order valence-corrected chi connectivity index (χ0v) is 21.9. The lowest BCUT2D eigenvalue weighted by Crippen LogP contribution is -2.17. The largest absolute Gasteiger partial charge is 0.497 e. The Labute approximate surface area is 220 Å². The van der Waals surface area contributed by atoms with Crippen molar-refractivity contribution in [2.24, 2.45) is 0 Å². The summed E-state index contributed by atoms with van der Waals surface area (Å²) in [7, 11) is 4.34. The minimum atomic E-state index is -0.448. The number of hydrogen-bond acceptors (Lipinski definition) is 5. The molecule has 0 bridgehead atoms. The first-order valence-corrected chi connectivity index (χ1v) is 12.1. The molecule has 0 saturated carbocycles. The summed E-state index contributed by atoms with van der Waals surface area (Å²) in [5, 5.41) is 2.18. The van der Waals surface area contributed by atoms with Gasteiger partial charge < -0.3 is 14.2 Å². The van der Waals surface area contributed by atoms with Crippen LogP contribution < -0.4 is 4.74 Å². The van der Waals surface area contributed by atoms with Crippen molar-refractivity contribution in [3.8, 4) is 28.3 Å². The van der Waals surface area contributed by atoms with E-state index < -0.39 is 11.9 Å². The van der Waals surface area contributed by atoms with E-state index in [0.717, 1.165) is 33.3 Å². The Bertz CT molecular complexity index is 1690. The standard InChI is InChI=1S/C31H28N2O5/c1-19-26(30(34)37-4)17-28(23-11-8-12-25(16-23)36-3)32(19)33-20(2)27(31(35)38-5)18-29(33)24-14-13-21-9-6-7-10-22(21)15-24/h6-18H,1-5H3. The molecule has 2 aromatic heterocycles. The number of carbonyl (C=O) groups excluding carboxylic acids is 2. The number of benzene rings is 3. The number of ether oxygens (including phenoxy) is 3. The van der Waals surface area contributed by atoms with Crippen LogP contribution in [0.1, 0.15) is 32.1 Å². The second-order valence-electron chi connectivity index (χ2n) is 8.96. The van der Waals surface area contributed by atoms with E-state index in [1.165, 1.54) is 14.2 Å². The molecule has 5 rings (SSSR count). The fourth-order valence-electron chi connectivity index (χ4n) is 4.89. The predicted octanol–water partition coefficient (Wildman–Crippen LogP) is 6.29. The van der Waals surface area contributed by atoms with Crippen LogP contribution in [0.15, 0.2) is 78.9 Å². The monoisotopic (exact) mass is 508 g/mol. The minimum absolute atomic E-state index is 0.419. The Balaban J connectivity index is 1.86. The Hall–Kier alpha value is -4.78. The summed E-state index contributed by atoms with van der Waals surface area (Å²) < 4.78 is 19.6. The van der Waals surface area contributed by atoms with Crippen molar-refractivity contribution in [1.29, 1.82) is 0 Å². The first-order chi connectivity index (χ1) is 18.4. The van der Waals surface area contributed by atoms with Gasteiger partial charge in [-0.1, -0.05) is 48.5 Å². The maximum absolute atomic E-state index is 12.8. The second-order valence-corrected chi connectivity index (χ2v) is 8.96. The molecule has 38 heavy (non-hydrogen) atoms. The van der Waals surface area contributed by atoms with Gasteiger partial charge in [-0.05, 0) is 55.0 Å². The number of rotatable bonds is 6. The molecule has 0 spiro atoms. The quantitative estimate of drug-likeness (QED) is 0.252. The van der Waals surface area contributed by atoms with E-state index in [4.69, 9.17) is 14.2 Å². The third-order valence-corrected chi connectivity index (χ3v) is 6.85. The number of esters is 2. The van der Waals surface area contributed by atoms with Crippen LogP contribution in [0.25, 0.3) is 33.3 Å². The van der Waals surface area contributed by atoms with Crippen LogP contribution in [0.2, 0.25) is 0 Å². The zero-order valence-electron chi connectivity index (χ0n) is 21.9. The summed E-state index contributed by atoms with van der Waals surface area (Å²) in [6, 6.07) is 25.5. The molecule has 0 N–H and O–H groups in total. The molecule has 0 saturated heterocycles. The number of nitrogens with zero attached hydrogens (tertiary/aromatic N) is 2. The van der Waals surface area contributed by atoms with Crippen molar-refractivity contribution in [3.63, 3.8) is 0 Å². The summed E-state index contributed by atoms with van der Waals surface area (Å²) in [4.78, 5) is 25.6. The molecule has 2 heterocycles. The van der Waals surface area contributed by atoms with Gasteiger partial charge in [-0.25, -0.2) is 9.59 Å². The third kappa shape index (κ3) is 4.12. The molecule has 3 aromatic carbocycles. The maximum Gasteiger partial charge on any atom is 0.339 e. The van der Waals surface area contributed by atoms with E-state index >= 15 is 0 Å². The molecule has 0 aliphatic carbocycles. The van der Waals surface area contributed by atoms with Gasteiger partial charge in [0.15, 0.2) is 0 Å². The second kappa shape index (κ2) is 9.94. The molecule has 0 atom stereocenters. The average molecular weight is 509 g/mol. The Morgan fingerprint density at radius 1 is 0.605 bits per heavy atom. The highest BCUT2D eigenvalue weighted by Crippen LogP contribution is 2.35. The summed E-state index contributed by atoms with van der Waals surface area (Å²) in [5.74, 6) is -0.207. The topological polar surface area (TPSA) is 71.7 Å². The van der Waals surface area contributed by atoms with E-state index in [0.29, 0.717) is 28.3 Å². The summed E-state index contributed by atoms with van der Waals surface area (Å²) >= 11 is 0. The van der Waals surface area contributed by atoms with Crippen LogP contribution in [-0.2, 0) is 9.47 Å². The molecular weight excluding hydrogens is 480 g/mol. The van der Waals surface area contributed by atoms with Gasteiger partial charge in [0.1, 0.15) is 5.75 Å². The number of aromatic nitrogens is 2. The molecule has 7 heteroatoms. The Kier molecular flexibility index (Phi) is 6.51. The molecule has 0 aliphatic rings. The summed E-state index contributed by atoms with van der Waals surface area (Å²) in [6.07, 6.45) is 0. The summed E-state index contributed by atoms with van der Waals surface area (Å²) in [5.41, 5.74) is 5.42. The highest BCUT2D eigenvalue weighted by atomic mass is 16.5. The van der Waals surface area contributed by atoms with Crippen LogP contribution >= 0.6 is 0 Å². The van der Waals surface area contributed by atoms with Gasteiger partial charge in [0.25, 0.3) is 0 Å². The van der Waals surface area contributed by atoms with Crippen molar-refractivity contribution in [2.45, 2.75) is 13.8 Å². The van der Waals surface area contributed by atoms with Gasteiger partial charge in [-0.15, -0.1) is 0 Å². The van der Waals surface area contributed by atoms with E-state index in [2.05, 4.69) is 24.3 Å². The van der Waals surface area contributed by atoms with Crippen LogP contribution in [0.3, 0.4) is 0 Å². The number of methoxy groups -OCH3 is 3. The van der Waals surface area contributed by atoms with Crippen LogP contribution in [0.4, 0.5) is 0 Å². The zero-order chi connectivity index (χ0) is 27.0. The number of hydrogen-bond donors (Lipinski definition) is 0. The number of fused-ring (bicyclic) bond motifs is 1. The lowest BCUT2D eigenvalue weighted by atomic mass is 10.0. The van der Waals surface area contributed by atoms with Gasteiger partial charge in [-0.2, -0.15) is 0 Å². The normalized spacial score (nSPS) is 11.0. The van der Waals surface area contributed by atoms with E-state index in [-0.39, 0.29) is 0 Å². The predicted molar refractivity (Wildman–Crippen MR) is 147 cm³/mol. The van der Waals surface area contributed by atoms with Crippen molar-refractivity contribution in [1.82, 2.24) is 9.35 Å². The van der Waals surface area contributed by atoms with E-state index in [1.807, 2.05) is 71.7 Å². The highest BCUT2D eigenvalue weighted by Gasteiger charge is 2.26. The van der Waals surface area contributed by atoms with Gasteiger partial charge in [0.05, 0.1) is 55.2 Å². The fraction of sp³-hybridized carbons (Fsp3) is 0.161. The molecule has 0 fully saturated rings. The fourth-order valence-corrected chi connectivity index (χ4v) is 4.89. The van der Waals surface area contributed by atoms with Crippen LogP contribution in [0, 0.1) is 13.8 Å². The SMILES string of the molecule is COC(=O)c1cc(-c2cccc(OC)c2)n(-n2c(-c3ccc4ccccc4c3)cc(C(=O)OC)c2C)c1C. The Morgan fingerprint density at radius 2 is 1.16 bits per heavy atom. The first kappa shape index (κ1) is 24.9. The van der Waals surface area contributed by atoms with Crippen molar-refractivity contribution >= 4 is 22.7 Å². The molecule has 5 aromatic rings. The third-order valence-electron chi connectivity index (χ3n) is 6.85. The maximum atomic E-state index is 12.8. The molecule has 0 radical (unpaired) electrons. The Morgan fingerprint density at radius 3 is 1.71 bits per heavy atom. The van der Waals surface area contributed by atoms with Crippen LogP contribution in [-0.4, -0.2) is 42.6 Å². The minimum Gasteiger partial charge on any atom is -0.497 e. The van der Waals surface area contributed by atoms with Crippen molar-refractivity contribution in [2.75, 3.05) is 21.3 Å². The number of carbonyl (C=O) groups is 2. The molecule has 0 unspecified atom stereocenters. The van der Waals surface area contributed by atoms with Gasteiger partial charge in [0, 0.05) is 11.1 Å². The lowest BCUT2D eigenvalue weighted by molar-refractivity contribution is 0.0590. The molecular formula is C31H28N2O5. The lowest BCUT2D eigenvalue weighted by Gasteiger charge is -2.20.